The topological polar surface area (TPSA) is 203 Å². The van der Waals surface area contributed by atoms with Crippen LogP contribution >= 0.6 is 23.4 Å². The number of carbonyl (C=O) groups is 6. The normalized spacial score (nSPS) is 33.3. The summed E-state index contributed by atoms with van der Waals surface area (Å²) in [6.45, 7) is 11.0. The van der Waals surface area contributed by atoms with Crippen LogP contribution in [0.4, 0.5) is 10.5 Å². The molecule has 364 valence electrons. The van der Waals surface area contributed by atoms with E-state index in [1.165, 1.54) is 28.7 Å². The molecule has 1 unspecified atom stereocenters. The van der Waals surface area contributed by atoms with E-state index < -0.39 is 70.5 Å². The standard InChI is InChI=1S/C48H67ClN4O12S/c1-27-12-10-13-36(61-9)48(60)25-34(63-45(59)51-48)29(3)41-47(6,65-41)37(24-38(54)52(8)33-22-31(20-27)21-28(2)40(33)49)64-44(58)46(4,5)62-18-11-19-66-35-23-39(55)53(43(35)57)26-30-14-16-32(17-15-30)42(56)50-7/h10,12-13,21-22,29-30,32,34-37,41,60H,11,14-20,23-26H2,1-9H3,(H,50,56)(H,51,59)/b13-10+,27-12+/t29-,30?,32?,34+,35?,36-,37+,41+,47+,48+/m1/s1. The van der Waals surface area contributed by atoms with Gasteiger partial charge >= 0.3 is 12.1 Å². The van der Waals surface area contributed by atoms with E-state index in [0.29, 0.717) is 35.8 Å². The molecule has 16 nitrogen and oxygen atoms in total. The summed E-state index contributed by atoms with van der Waals surface area (Å²) in [5.41, 5.74) is -1.39. The molecule has 4 heterocycles. The van der Waals surface area contributed by atoms with Gasteiger partial charge in [-0.2, -0.15) is 0 Å². The number of halogens is 1. The zero-order valence-corrected chi connectivity index (χ0v) is 41.2. The van der Waals surface area contributed by atoms with Gasteiger partial charge in [-0.3, -0.25) is 29.4 Å². The summed E-state index contributed by atoms with van der Waals surface area (Å²) in [5, 5.41) is 17.0. The highest BCUT2D eigenvalue weighted by molar-refractivity contribution is 8.00. The number of hydrogen-bond donors (Lipinski definition) is 3. The first-order valence-corrected chi connectivity index (χ1v) is 24.4. The number of carbonyl (C=O) groups excluding carboxylic acids is 6. The number of anilines is 1. The van der Waals surface area contributed by atoms with Crippen molar-refractivity contribution in [3.05, 3.63) is 52.1 Å². The Bertz CT molecular complexity index is 2090. The zero-order chi connectivity index (χ0) is 48.3. The smallest absolute Gasteiger partial charge is 0.409 e. The van der Waals surface area contributed by atoms with Crippen LogP contribution in [0.15, 0.2) is 35.9 Å². The Morgan fingerprint density at radius 2 is 1.80 bits per heavy atom. The molecule has 0 radical (unpaired) electrons. The summed E-state index contributed by atoms with van der Waals surface area (Å²) < 4.78 is 30.0. The molecule has 1 aromatic rings. The molecule has 1 aromatic carbocycles. The van der Waals surface area contributed by atoms with Crippen molar-refractivity contribution < 1.29 is 57.6 Å². The number of nitrogens with one attached hydrogen (secondary N) is 2. The number of aliphatic hydroxyl groups is 1. The first-order chi connectivity index (χ1) is 31.1. The average Bonchev–Trinajstić information content (AvgIpc) is 3.90. The number of hydrogen-bond acceptors (Lipinski definition) is 13. The molecule has 18 heteroatoms. The molecular formula is C48H67ClN4O12S. The number of methoxy groups -OCH3 is 1. The maximum absolute atomic E-state index is 14.3. The van der Waals surface area contributed by atoms with Crippen molar-refractivity contribution in [3.63, 3.8) is 0 Å². The lowest BCUT2D eigenvalue weighted by atomic mass is 9.81. The number of fused-ring (bicyclic) bond motifs is 5. The molecule has 6 rings (SSSR count). The molecule has 1 aliphatic carbocycles. The van der Waals surface area contributed by atoms with Crippen molar-refractivity contribution in [2.75, 3.05) is 45.0 Å². The van der Waals surface area contributed by atoms with E-state index in [0.717, 1.165) is 42.4 Å². The number of rotatable bonds is 12. The number of esters is 1. The van der Waals surface area contributed by atoms with Gasteiger partial charge in [-0.1, -0.05) is 48.4 Å². The van der Waals surface area contributed by atoms with Crippen LogP contribution in [-0.4, -0.2) is 132 Å². The number of likely N-dealkylation sites (tertiary alicyclic amines) is 1. The lowest BCUT2D eigenvalue weighted by molar-refractivity contribution is -0.177. The van der Waals surface area contributed by atoms with E-state index in [9.17, 15) is 33.9 Å². The second-order valence-electron chi connectivity index (χ2n) is 19.3. The highest BCUT2D eigenvalue weighted by atomic mass is 35.5. The van der Waals surface area contributed by atoms with Crippen molar-refractivity contribution >= 4 is 64.7 Å². The third kappa shape index (κ3) is 11.6. The predicted molar refractivity (Wildman–Crippen MR) is 249 cm³/mol. The van der Waals surface area contributed by atoms with Gasteiger partial charge in [-0.15, -0.1) is 11.8 Å². The molecule has 1 saturated carbocycles. The number of allylic oxidation sites excluding steroid dienone is 3. The number of benzene rings is 1. The Morgan fingerprint density at radius 1 is 1.09 bits per heavy atom. The first kappa shape index (κ1) is 51.4. The van der Waals surface area contributed by atoms with Crippen molar-refractivity contribution in [1.29, 1.82) is 0 Å². The summed E-state index contributed by atoms with van der Waals surface area (Å²) in [7, 11) is 4.70. The van der Waals surface area contributed by atoms with Crippen LogP contribution in [0.3, 0.4) is 0 Å². The predicted octanol–water partition coefficient (Wildman–Crippen LogP) is 5.57. The van der Waals surface area contributed by atoms with E-state index >= 15 is 0 Å². The van der Waals surface area contributed by atoms with Crippen molar-refractivity contribution in [1.82, 2.24) is 15.5 Å². The van der Waals surface area contributed by atoms with Gasteiger partial charge in [0.15, 0.2) is 11.3 Å². The molecule has 5 aliphatic rings. The van der Waals surface area contributed by atoms with Crippen LogP contribution in [0.25, 0.3) is 0 Å². The van der Waals surface area contributed by atoms with E-state index in [4.69, 9.17) is 35.3 Å². The summed E-state index contributed by atoms with van der Waals surface area (Å²) in [5.74, 6) is -1.33. The Morgan fingerprint density at radius 3 is 2.48 bits per heavy atom. The van der Waals surface area contributed by atoms with Crippen LogP contribution < -0.4 is 15.5 Å². The fourth-order valence-electron chi connectivity index (χ4n) is 9.63. The van der Waals surface area contributed by atoms with E-state index in [2.05, 4.69) is 10.6 Å². The fraction of sp³-hybridized carbons (Fsp3) is 0.667. The van der Waals surface area contributed by atoms with E-state index in [1.54, 1.807) is 47.0 Å². The maximum atomic E-state index is 14.3. The average molecular weight is 960 g/mol. The molecule has 5 amide bonds. The molecule has 3 N–H and O–H groups in total. The molecule has 4 aliphatic heterocycles. The van der Waals surface area contributed by atoms with Crippen LogP contribution in [0.5, 0.6) is 0 Å². The summed E-state index contributed by atoms with van der Waals surface area (Å²) in [6, 6.07) is 3.81. The van der Waals surface area contributed by atoms with E-state index in [1.807, 2.05) is 39.0 Å². The number of thioether (sulfide) groups is 1. The lowest BCUT2D eigenvalue weighted by Gasteiger charge is -2.42. The number of alkyl carbamates (subject to hydrolysis) is 1. The number of nitrogens with zero attached hydrogens (tertiary/aromatic N) is 2. The van der Waals surface area contributed by atoms with Gasteiger partial charge < -0.3 is 39.0 Å². The summed E-state index contributed by atoms with van der Waals surface area (Å²) >= 11 is 8.22. The van der Waals surface area contributed by atoms with Crippen LogP contribution in [0.2, 0.25) is 5.02 Å². The molecular weight excluding hydrogens is 892 g/mol. The van der Waals surface area contributed by atoms with Gasteiger partial charge in [-0.25, -0.2) is 9.59 Å². The molecule has 0 spiro atoms. The van der Waals surface area contributed by atoms with Gasteiger partial charge in [0.05, 0.1) is 28.5 Å². The Kier molecular flexibility index (Phi) is 16.4. The maximum Gasteiger partial charge on any atom is 0.409 e. The largest absolute Gasteiger partial charge is 0.457 e. The number of imide groups is 1. The second kappa shape index (κ2) is 21.1. The minimum atomic E-state index is -1.83. The summed E-state index contributed by atoms with van der Waals surface area (Å²) in [6.07, 6.45) is 4.74. The van der Waals surface area contributed by atoms with Crippen LogP contribution in [0.1, 0.15) is 97.1 Å². The molecule has 8 atom stereocenters. The van der Waals surface area contributed by atoms with Crippen molar-refractivity contribution in [2.45, 2.75) is 146 Å². The van der Waals surface area contributed by atoms with Crippen LogP contribution in [-0.2, 0) is 54.1 Å². The van der Waals surface area contributed by atoms with Gasteiger partial charge in [0.25, 0.3) is 0 Å². The monoisotopic (exact) mass is 958 g/mol. The highest BCUT2D eigenvalue weighted by Crippen LogP contribution is 2.49. The van der Waals surface area contributed by atoms with Crippen molar-refractivity contribution in [2.24, 2.45) is 17.8 Å². The SMILES string of the molecule is CNC(=O)C1CCC(CN2C(=O)CC(SCCCOC(C)(C)C(=O)O[C@H]3CC(=O)N(C)c4cc(cc(C)c4Cl)C/C(C)=C/C=C/[C@@H](OC)[C@@]4(O)C[C@H](OC(=O)N4)[C@@H](C)[C@@H]4O[C@@]34C)C2=O)CC1. The number of ether oxygens (including phenoxy) is 5. The quantitative estimate of drug-likeness (QED) is 0.102. The minimum Gasteiger partial charge on any atom is -0.457 e. The van der Waals surface area contributed by atoms with Crippen molar-refractivity contribution in [3.8, 4) is 0 Å². The summed E-state index contributed by atoms with van der Waals surface area (Å²) in [4.78, 5) is 82.4. The number of aryl methyl sites for hydroxylation is 1. The first-order valence-electron chi connectivity index (χ1n) is 22.9. The third-order valence-electron chi connectivity index (χ3n) is 13.9. The Hall–Kier alpha value is -4.00. The van der Waals surface area contributed by atoms with Gasteiger partial charge in [-0.05, 0) is 102 Å². The minimum absolute atomic E-state index is 0.0246. The highest BCUT2D eigenvalue weighted by Gasteiger charge is 2.65. The molecule has 3 saturated heterocycles. The number of epoxide rings is 1. The molecule has 0 aromatic heterocycles. The van der Waals surface area contributed by atoms with Gasteiger partial charge in [0.1, 0.15) is 23.9 Å². The van der Waals surface area contributed by atoms with Crippen LogP contribution in [0, 0.1) is 24.7 Å². The molecule has 4 fully saturated rings. The Balaban J connectivity index is 1.12. The van der Waals surface area contributed by atoms with Gasteiger partial charge in [0.2, 0.25) is 23.6 Å². The lowest BCUT2D eigenvalue weighted by Crippen LogP contribution is -2.63. The van der Waals surface area contributed by atoms with Gasteiger partial charge in [0, 0.05) is 59.0 Å². The number of amides is 5. The zero-order valence-electron chi connectivity index (χ0n) is 39.6. The molecule has 4 bridgehead atoms. The molecule has 66 heavy (non-hydrogen) atoms. The fourth-order valence-corrected chi connectivity index (χ4v) is 11.0. The van der Waals surface area contributed by atoms with E-state index in [-0.39, 0.29) is 55.4 Å². The second-order valence-corrected chi connectivity index (χ2v) is 20.9. The third-order valence-corrected chi connectivity index (χ3v) is 15.7. The Labute approximate surface area is 397 Å².